The van der Waals surface area contributed by atoms with Gasteiger partial charge in [-0.15, -0.1) is 0 Å². The van der Waals surface area contributed by atoms with Crippen molar-refractivity contribution in [3.63, 3.8) is 0 Å². The fraction of sp³-hybridized carbons (Fsp3) is 1.00. The van der Waals surface area contributed by atoms with Gasteiger partial charge in [0.2, 0.25) is 0 Å². The van der Waals surface area contributed by atoms with Crippen LogP contribution < -0.4 is 5.32 Å². The third kappa shape index (κ3) is 2.23. The molecule has 2 fully saturated rings. The van der Waals surface area contributed by atoms with Crippen LogP contribution in [-0.2, 0) is 4.74 Å². The summed E-state index contributed by atoms with van der Waals surface area (Å²) < 4.78 is 5.66. The van der Waals surface area contributed by atoms with Gasteiger partial charge in [0, 0.05) is 19.2 Å². The van der Waals surface area contributed by atoms with Gasteiger partial charge in [-0.05, 0) is 31.6 Å². The molecule has 2 atom stereocenters. The molecule has 2 nitrogen and oxygen atoms in total. The summed E-state index contributed by atoms with van der Waals surface area (Å²) in [5.74, 6) is 0.783. The summed E-state index contributed by atoms with van der Waals surface area (Å²) in [7, 11) is 0. The fourth-order valence-corrected chi connectivity index (χ4v) is 2.31. The zero-order chi connectivity index (χ0) is 9.10. The van der Waals surface area contributed by atoms with Crippen LogP contribution in [0.1, 0.15) is 39.0 Å². The normalized spacial score (nSPS) is 34.8. The molecule has 0 aromatic rings. The molecule has 2 unspecified atom stereocenters. The molecule has 1 aliphatic carbocycles. The van der Waals surface area contributed by atoms with Crippen molar-refractivity contribution in [2.24, 2.45) is 5.92 Å². The Hall–Kier alpha value is -0.0800. The quantitative estimate of drug-likeness (QED) is 0.719. The zero-order valence-corrected chi connectivity index (χ0v) is 8.59. The fourth-order valence-electron chi connectivity index (χ4n) is 2.31. The minimum Gasteiger partial charge on any atom is -0.378 e. The molecule has 0 radical (unpaired) electrons. The third-order valence-corrected chi connectivity index (χ3v) is 3.52. The molecule has 1 saturated carbocycles. The molecule has 1 heterocycles. The van der Waals surface area contributed by atoms with Crippen LogP contribution in [0.3, 0.4) is 0 Å². The van der Waals surface area contributed by atoms with Gasteiger partial charge in [-0.3, -0.25) is 0 Å². The van der Waals surface area contributed by atoms with Crippen LogP contribution in [0.25, 0.3) is 0 Å². The van der Waals surface area contributed by atoms with E-state index in [9.17, 15) is 0 Å². The van der Waals surface area contributed by atoms with Crippen LogP contribution in [0.15, 0.2) is 0 Å². The SMILES string of the molecule is CCC1OCCC1CNC1CCC1. The Morgan fingerprint density at radius 1 is 1.31 bits per heavy atom. The molecule has 0 aromatic carbocycles. The standard InChI is InChI=1S/C11H21NO/c1-2-11-9(6-7-13-11)8-12-10-4-3-5-10/h9-12H,2-8H2,1H3. The van der Waals surface area contributed by atoms with E-state index in [1.54, 1.807) is 0 Å². The Labute approximate surface area is 81.0 Å². The van der Waals surface area contributed by atoms with Crippen molar-refractivity contribution >= 4 is 0 Å². The predicted octanol–water partition coefficient (Wildman–Crippen LogP) is 1.94. The molecule has 2 aliphatic rings. The van der Waals surface area contributed by atoms with Crippen LogP contribution >= 0.6 is 0 Å². The van der Waals surface area contributed by atoms with E-state index in [1.807, 2.05) is 0 Å². The lowest BCUT2D eigenvalue weighted by molar-refractivity contribution is 0.0857. The van der Waals surface area contributed by atoms with Gasteiger partial charge in [-0.1, -0.05) is 13.3 Å². The van der Waals surface area contributed by atoms with Gasteiger partial charge < -0.3 is 10.1 Å². The van der Waals surface area contributed by atoms with Crippen molar-refractivity contribution in [2.75, 3.05) is 13.2 Å². The molecule has 0 aromatic heterocycles. The molecular formula is C11H21NO. The van der Waals surface area contributed by atoms with E-state index in [-0.39, 0.29) is 0 Å². The summed E-state index contributed by atoms with van der Waals surface area (Å²) in [5.41, 5.74) is 0. The molecule has 1 aliphatic heterocycles. The molecule has 13 heavy (non-hydrogen) atoms. The van der Waals surface area contributed by atoms with Crippen molar-refractivity contribution < 1.29 is 4.74 Å². The summed E-state index contributed by atoms with van der Waals surface area (Å²) in [6.07, 6.45) is 7.19. The van der Waals surface area contributed by atoms with Crippen molar-refractivity contribution in [3.05, 3.63) is 0 Å². The van der Waals surface area contributed by atoms with Gasteiger partial charge in [0.15, 0.2) is 0 Å². The molecule has 0 spiro atoms. The van der Waals surface area contributed by atoms with E-state index in [2.05, 4.69) is 12.2 Å². The van der Waals surface area contributed by atoms with Gasteiger partial charge in [-0.25, -0.2) is 0 Å². The van der Waals surface area contributed by atoms with Crippen LogP contribution in [0.5, 0.6) is 0 Å². The molecule has 0 bridgehead atoms. The maximum atomic E-state index is 5.66. The second kappa shape index (κ2) is 4.43. The smallest absolute Gasteiger partial charge is 0.0613 e. The van der Waals surface area contributed by atoms with Crippen LogP contribution in [-0.4, -0.2) is 25.3 Å². The lowest BCUT2D eigenvalue weighted by Crippen LogP contribution is -2.39. The summed E-state index contributed by atoms with van der Waals surface area (Å²) >= 11 is 0. The number of ether oxygens (including phenoxy) is 1. The van der Waals surface area contributed by atoms with Gasteiger partial charge >= 0.3 is 0 Å². The minimum atomic E-state index is 0.535. The Kier molecular flexibility index (Phi) is 3.23. The van der Waals surface area contributed by atoms with Gasteiger partial charge in [-0.2, -0.15) is 0 Å². The van der Waals surface area contributed by atoms with E-state index in [0.717, 1.165) is 18.6 Å². The van der Waals surface area contributed by atoms with E-state index < -0.39 is 0 Å². The molecule has 76 valence electrons. The molecule has 2 rings (SSSR count). The summed E-state index contributed by atoms with van der Waals surface area (Å²) in [5, 5.41) is 3.65. The lowest BCUT2D eigenvalue weighted by atomic mass is 9.91. The first-order valence-corrected chi connectivity index (χ1v) is 5.75. The number of hydrogen-bond donors (Lipinski definition) is 1. The first-order chi connectivity index (χ1) is 6.40. The highest BCUT2D eigenvalue weighted by atomic mass is 16.5. The highest BCUT2D eigenvalue weighted by Crippen LogP contribution is 2.24. The average molecular weight is 183 g/mol. The topological polar surface area (TPSA) is 21.3 Å². The number of nitrogens with one attached hydrogen (secondary N) is 1. The van der Waals surface area contributed by atoms with E-state index in [0.29, 0.717) is 6.10 Å². The Morgan fingerprint density at radius 2 is 2.15 bits per heavy atom. The second-order valence-corrected chi connectivity index (χ2v) is 4.40. The summed E-state index contributed by atoms with van der Waals surface area (Å²) in [6.45, 7) is 4.39. The maximum Gasteiger partial charge on any atom is 0.0613 e. The molecular weight excluding hydrogens is 162 g/mol. The average Bonchev–Trinajstić information content (AvgIpc) is 2.49. The van der Waals surface area contributed by atoms with Gasteiger partial charge in [0.1, 0.15) is 0 Å². The molecule has 1 N–H and O–H groups in total. The van der Waals surface area contributed by atoms with Crippen LogP contribution in [0, 0.1) is 5.92 Å². The van der Waals surface area contributed by atoms with Crippen LogP contribution in [0.4, 0.5) is 0 Å². The first-order valence-electron chi connectivity index (χ1n) is 5.75. The molecule has 2 heteroatoms. The minimum absolute atomic E-state index is 0.535. The first kappa shape index (κ1) is 9.47. The number of hydrogen-bond acceptors (Lipinski definition) is 2. The summed E-state index contributed by atoms with van der Waals surface area (Å²) in [4.78, 5) is 0. The highest BCUT2D eigenvalue weighted by Gasteiger charge is 2.27. The van der Waals surface area contributed by atoms with E-state index >= 15 is 0 Å². The Morgan fingerprint density at radius 3 is 2.77 bits per heavy atom. The van der Waals surface area contributed by atoms with Gasteiger partial charge in [0.25, 0.3) is 0 Å². The van der Waals surface area contributed by atoms with Crippen molar-refractivity contribution in [2.45, 2.75) is 51.2 Å². The van der Waals surface area contributed by atoms with Crippen molar-refractivity contribution in [3.8, 4) is 0 Å². The maximum absolute atomic E-state index is 5.66. The lowest BCUT2D eigenvalue weighted by Gasteiger charge is -2.28. The number of rotatable bonds is 4. The Bertz CT molecular complexity index is 156. The highest BCUT2D eigenvalue weighted by molar-refractivity contribution is 4.82. The van der Waals surface area contributed by atoms with Crippen molar-refractivity contribution in [1.82, 2.24) is 5.32 Å². The molecule has 1 saturated heterocycles. The molecule has 0 amide bonds. The Balaban J connectivity index is 1.67. The summed E-state index contributed by atoms with van der Waals surface area (Å²) in [6, 6.07) is 0.832. The van der Waals surface area contributed by atoms with E-state index in [1.165, 1.54) is 38.6 Å². The van der Waals surface area contributed by atoms with Gasteiger partial charge in [0.05, 0.1) is 6.10 Å². The zero-order valence-electron chi connectivity index (χ0n) is 8.59. The monoisotopic (exact) mass is 183 g/mol. The second-order valence-electron chi connectivity index (χ2n) is 4.40. The van der Waals surface area contributed by atoms with Crippen molar-refractivity contribution in [1.29, 1.82) is 0 Å². The van der Waals surface area contributed by atoms with Crippen LogP contribution in [0.2, 0.25) is 0 Å². The third-order valence-electron chi connectivity index (χ3n) is 3.52. The largest absolute Gasteiger partial charge is 0.378 e. The van der Waals surface area contributed by atoms with E-state index in [4.69, 9.17) is 4.74 Å². The predicted molar refractivity (Wildman–Crippen MR) is 53.8 cm³/mol.